The molecule has 0 spiro atoms. The van der Waals surface area contributed by atoms with Gasteiger partial charge in [-0.3, -0.25) is 9.69 Å². The standard InChI is InChI=1S/C20H21N5O2S/c1-3-10-25(13-18-23-24-20(27-18)17-9-6-11-28-17)14(2)19(26)22-16-8-5-4-7-15(16)12-21/h4-9,11,14H,3,10,13H2,1-2H3,(H,22,26)/t14-/m1/s1. The van der Waals surface area contributed by atoms with E-state index in [4.69, 9.17) is 4.42 Å². The molecule has 3 aromatic rings. The third-order valence-electron chi connectivity index (χ3n) is 4.28. The van der Waals surface area contributed by atoms with Crippen molar-refractivity contribution in [3.05, 3.63) is 53.2 Å². The minimum absolute atomic E-state index is 0.186. The van der Waals surface area contributed by atoms with Crippen LogP contribution in [-0.4, -0.2) is 33.6 Å². The quantitative estimate of drug-likeness (QED) is 0.621. The smallest absolute Gasteiger partial charge is 0.257 e. The Morgan fingerprint density at radius 2 is 2.14 bits per heavy atom. The molecule has 0 saturated heterocycles. The Balaban J connectivity index is 1.70. The predicted octanol–water partition coefficient (Wildman–Crippen LogP) is 3.91. The highest BCUT2D eigenvalue weighted by molar-refractivity contribution is 7.13. The fourth-order valence-electron chi connectivity index (χ4n) is 2.78. The summed E-state index contributed by atoms with van der Waals surface area (Å²) in [6, 6.07) is 12.5. The highest BCUT2D eigenvalue weighted by atomic mass is 32.1. The average Bonchev–Trinajstić information content (AvgIpc) is 3.39. The molecule has 1 atom stereocenters. The number of anilines is 1. The topological polar surface area (TPSA) is 95.1 Å². The van der Waals surface area contributed by atoms with E-state index in [2.05, 4.69) is 21.6 Å². The normalized spacial score (nSPS) is 11.9. The molecule has 2 heterocycles. The molecule has 1 aromatic carbocycles. The van der Waals surface area contributed by atoms with Crippen molar-refractivity contribution in [2.24, 2.45) is 0 Å². The highest BCUT2D eigenvalue weighted by Gasteiger charge is 2.24. The minimum Gasteiger partial charge on any atom is -0.419 e. The summed E-state index contributed by atoms with van der Waals surface area (Å²) >= 11 is 1.53. The first-order valence-electron chi connectivity index (χ1n) is 9.02. The first kappa shape index (κ1) is 19.7. The molecule has 0 bridgehead atoms. The van der Waals surface area contributed by atoms with Crippen LogP contribution in [0.4, 0.5) is 5.69 Å². The van der Waals surface area contributed by atoms with Gasteiger partial charge in [0.05, 0.1) is 28.7 Å². The van der Waals surface area contributed by atoms with Crippen molar-refractivity contribution >= 4 is 22.9 Å². The maximum Gasteiger partial charge on any atom is 0.257 e. The number of rotatable bonds is 8. The molecule has 3 rings (SSSR count). The van der Waals surface area contributed by atoms with Crippen molar-refractivity contribution in [2.45, 2.75) is 32.9 Å². The van der Waals surface area contributed by atoms with Crippen molar-refractivity contribution in [2.75, 3.05) is 11.9 Å². The molecule has 28 heavy (non-hydrogen) atoms. The van der Waals surface area contributed by atoms with Gasteiger partial charge in [-0.05, 0) is 43.5 Å². The van der Waals surface area contributed by atoms with Crippen LogP contribution in [-0.2, 0) is 11.3 Å². The average molecular weight is 395 g/mol. The van der Waals surface area contributed by atoms with E-state index in [0.717, 1.165) is 11.3 Å². The number of nitrogens with zero attached hydrogens (tertiary/aromatic N) is 4. The maximum atomic E-state index is 12.8. The number of amides is 1. The summed E-state index contributed by atoms with van der Waals surface area (Å²) < 4.78 is 5.76. The van der Waals surface area contributed by atoms with Gasteiger partial charge in [-0.25, -0.2) is 0 Å². The first-order valence-corrected chi connectivity index (χ1v) is 9.90. The van der Waals surface area contributed by atoms with Crippen LogP contribution in [0, 0.1) is 11.3 Å². The van der Waals surface area contributed by atoms with Crippen LogP contribution in [0.15, 0.2) is 46.2 Å². The Labute approximate surface area is 167 Å². The molecule has 0 saturated carbocycles. The number of nitriles is 1. The van der Waals surface area contributed by atoms with E-state index in [1.54, 1.807) is 24.3 Å². The molecule has 7 nitrogen and oxygen atoms in total. The van der Waals surface area contributed by atoms with Crippen LogP contribution in [0.2, 0.25) is 0 Å². The van der Waals surface area contributed by atoms with Gasteiger partial charge < -0.3 is 9.73 Å². The van der Waals surface area contributed by atoms with Crippen molar-refractivity contribution in [3.8, 4) is 16.8 Å². The molecular weight excluding hydrogens is 374 g/mol. The molecule has 144 valence electrons. The number of hydrogen-bond acceptors (Lipinski definition) is 7. The Hall–Kier alpha value is -3.02. The number of carbonyl (C=O) groups is 1. The van der Waals surface area contributed by atoms with Crippen LogP contribution in [0.25, 0.3) is 10.8 Å². The molecule has 0 unspecified atom stereocenters. The van der Waals surface area contributed by atoms with Gasteiger partial charge in [0, 0.05) is 0 Å². The van der Waals surface area contributed by atoms with E-state index in [1.165, 1.54) is 11.3 Å². The Kier molecular flexibility index (Phi) is 6.53. The molecule has 0 aliphatic carbocycles. The SMILES string of the molecule is CCCN(Cc1nnc(-c2cccs2)o1)[C@H](C)C(=O)Nc1ccccc1C#N. The predicted molar refractivity (Wildman–Crippen MR) is 108 cm³/mol. The van der Waals surface area contributed by atoms with E-state index in [1.807, 2.05) is 36.3 Å². The molecule has 0 aliphatic heterocycles. The van der Waals surface area contributed by atoms with Crippen molar-refractivity contribution in [3.63, 3.8) is 0 Å². The summed E-state index contributed by atoms with van der Waals surface area (Å²) in [6.07, 6.45) is 0.873. The second kappa shape index (κ2) is 9.26. The summed E-state index contributed by atoms with van der Waals surface area (Å²) in [5.41, 5.74) is 0.943. The lowest BCUT2D eigenvalue weighted by molar-refractivity contribution is -0.121. The number of nitrogens with one attached hydrogen (secondary N) is 1. The molecule has 0 radical (unpaired) electrons. The van der Waals surface area contributed by atoms with Gasteiger partial charge in [0.25, 0.3) is 5.89 Å². The van der Waals surface area contributed by atoms with E-state index in [9.17, 15) is 10.1 Å². The Bertz CT molecular complexity index is 961. The molecular formula is C20H21N5O2S. The monoisotopic (exact) mass is 395 g/mol. The van der Waals surface area contributed by atoms with Gasteiger partial charge in [0.1, 0.15) is 6.07 Å². The van der Waals surface area contributed by atoms with E-state index in [-0.39, 0.29) is 5.91 Å². The minimum atomic E-state index is -0.427. The summed E-state index contributed by atoms with van der Waals surface area (Å²) in [5, 5.41) is 22.2. The van der Waals surface area contributed by atoms with Crippen LogP contribution >= 0.6 is 11.3 Å². The lowest BCUT2D eigenvalue weighted by atomic mass is 10.1. The summed E-state index contributed by atoms with van der Waals surface area (Å²) in [4.78, 5) is 15.7. The number of para-hydroxylation sites is 1. The fourth-order valence-corrected chi connectivity index (χ4v) is 3.42. The molecule has 1 amide bonds. The van der Waals surface area contributed by atoms with Crippen molar-refractivity contribution in [1.82, 2.24) is 15.1 Å². The first-order chi connectivity index (χ1) is 13.6. The van der Waals surface area contributed by atoms with Crippen LogP contribution in [0.3, 0.4) is 0 Å². The lowest BCUT2D eigenvalue weighted by Crippen LogP contribution is -2.42. The number of carbonyl (C=O) groups excluding carboxylic acids is 1. The zero-order valence-corrected chi connectivity index (χ0v) is 16.6. The Morgan fingerprint density at radius 3 is 2.86 bits per heavy atom. The van der Waals surface area contributed by atoms with Crippen molar-refractivity contribution < 1.29 is 9.21 Å². The van der Waals surface area contributed by atoms with Gasteiger partial charge >= 0.3 is 0 Å². The second-order valence-corrected chi connectivity index (χ2v) is 7.22. The molecule has 1 N–H and O–H groups in total. The zero-order valence-electron chi connectivity index (χ0n) is 15.8. The Morgan fingerprint density at radius 1 is 1.32 bits per heavy atom. The van der Waals surface area contributed by atoms with E-state index >= 15 is 0 Å². The van der Waals surface area contributed by atoms with Crippen LogP contribution in [0.5, 0.6) is 0 Å². The molecule has 0 aliphatic rings. The molecule has 0 fully saturated rings. The molecule has 8 heteroatoms. The van der Waals surface area contributed by atoms with Gasteiger partial charge in [0.15, 0.2) is 0 Å². The fraction of sp³-hybridized carbons (Fsp3) is 0.300. The third-order valence-corrected chi connectivity index (χ3v) is 5.14. The largest absolute Gasteiger partial charge is 0.419 e. The summed E-state index contributed by atoms with van der Waals surface area (Å²) in [5.74, 6) is 0.768. The number of hydrogen-bond donors (Lipinski definition) is 1. The van der Waals surface area contributed by atoms with Gasteiger partial charge in [-0.1, -0.05) is 25.1 Å². The van der Waals surface area contributed by atoms with Crippen LogP contribution in [0.1, 0.15) is 31.7 Å². The van der Waals surface area contributed by atoms with E-state index in [0.29, 0.717) is 36.1 Å². The number of benzene rings is 1. The van der Waals surface area contributed by atoms with Gasteiger partial charge in [0.2, 0.25) is 11.8 Å². The summed E-state index contributed by atoms with van der Waals surface area (Å²) in [7, 11) is 0. The van der Waals surface area contributed by atoms with Crippen molar-refractivity contribution in [1.29, 1.82) is 5.26 Å². The molecule has 2 aromatic heterocycles. The lowest BCUT2D eigenvalue weighted by Gasteiger charge is -2.26. The number of thiophene rings is 1. The number of aromatic nitrogens is 2. The summed E-state index contributed by atoms with van der Waals surface area (Å²) in [6.45, 7) is 4.95. The zero-order chi connectivity index (χ0) is 19.9. The second-order valence-electron chi connectivity index (χ2n) is 6.27. The maximum absolute atomic E-state index is 12.8. The van der Waals surface area contributed by atoms with E-state index < -0.39 is 6.04 Å². The third kappa shape index (κ3) is 4.63. The van der Waals surface area contributed by atoms with Gasteiger partial charge in [-0.15, -0.1) is 21.5 Å². The van der Waals surface area contributed by atoms with Gasteiger partial charge in [-0.2, -0.15) is 5.26 Å². The van der Waals surface area contributed by atoms with Crippen LogP contribution < -0.4 is 5.32 Å². The highest BCUT2D eigenvalue weighted by Crippen LogP contribution is 2.23.